The van der Waals surface area contributed by atoms with Crippen molar-refractivity contribution in [1.29, 1.82) is 0 Å². The van der Waals surface area contributed by atoms with E-state index >= 15 is 0 Å². The first-order valence-corrected chi connectivity index (χ1v) is 8.68. The minimum absolute atomic E-state index is 0.105. The maximum absolute atomic E-state index is 12.2. The number of sulfonamides is 1. The molecule has 1 aromatic carbocycles. The maximum atomic E-state index is 12.2. The van der Waals surface area contributed by atoms with Gasteiger partial charge in [-0.2, -0.15) is 0 Å². The molecule has 108 valence electrons. The van der Waals surface area contributed by atoms with Crippen molar-refractivity contribution in [2.24, 2.45) is 0 Å². The molecule has 0 aliphatic carbocycles. The minimum atomic E-state index is -3.55. The lowest BCUT2D eigenvalue weighted by Gasteiger charge is -2.14. The predicted octanol–water partition coefficient (Wildman–Crippen LogP) is 1.83. The third-order valence-corrected chi connectivity index (χ3v) is 6.33. The van der Waals surface area contributed by atoms with Crippen molar-refractivity contribution < 1.29 is 8.42 Å². The SMILES string of the molecule is Cc1nnc(Sc2cccc(S(=O)(=O)N(C)C)c2N)s1. The lowest BCUT2D eigenvalue weighted by Crippen LogP contribution is -2.23. The van der Waals surface area contributed by atoms with Crippen molar-refractivity contribution >= 4 is 38.8 Å². The third kappa shape index (κ3) is 2.95. The fraction of sp³-hybridized carbons (Fsp3) is 0.273. The van der Waals surface area contributed by atoms with Gasteiger partial charge in [-0.3, -0.25) is 0 Å². The number of nitrogens with two attached hydrogens (primary N) is 1. The zero-order chi connectivity index (χ0) is 14.9. The molecule has 0 saturated carbocycles. The molecule has 0 spiro atoms. The van der Waals surface area contributed by atoms with Gasteiger partial charge in [0.15, 0.2) is 4.34 Å². The maximum Gasteiger partial charge on any atom is 0.244 e. The molecule has 6 nitrogen and oxygen atoms in total. The molecule has 0 radical (unpaired) electrons. The molecule has 0 amide bonds. The summed E-state index contributed by atoms with van der Waals surface area (Å²) in [5.41, 5.74) is 6.23. The van der Waals surface area contributed by atoms with E-state index in [0.717, 1.165) is 13.7 Å². The Balaban J connectivity index is 2.42. The van der Waals surface area contributed by atoms with Gasteiger partial charge in [0.05, 0.1) is 5.69 Å². The summed E-state index contributed by atoms with van der Waals surface area (Å²) in [6.45, 7) is 1.86. The Morgan fingerprint density at radius 2 is 2.00 bits per heavy atom. The Morgan fingerprint density at radius 3 is 2.55 bits per heavy atom. The number of nitrogen functional groups attached to an aromatic ring is 1. The van der Waals surface area contributed by atoms with Crippen molar-refractivity contribution in [3.8, 4) is 0 Å². The fourth-order valence-electron chi connectivity index (χ4n) is 1.45. The van der Waals surface area contributed by atoms with Gasteiger partial charge in [0.2, 0.25) is 10.0 Å². The number of para-hydroxylation sites is 1. The molecule has 9 heteroatoms. The molecule has 0 fully saturated rings. The molecule has 0 atom stereocenters. The van der Waals surface area contributed by atoms with Crippen LogP contribution in [-0.4, -0.2) is 37.0 Å². The molecular formula is C11H14N4O2S3. The lowest BCUT2D eigenvalue weighted by molar-refractivity contribution is 0.521. The number of aryl methyl sites for hydroxylation is 1. The Morgan fingerprint density at radius 1 is 1.30 bits per heavy atom. The summed E-state index contributed by atoms with van der Waals surface area (Å²) in [6.07, 6.45) is 0. The van der Waals surface area contributed by atoms with Gasteiger partial charge in [-0.1, -0.05) is 29.2 Å². The number of hydrogen-bond acceptors (Lipinski definition) is 7. The second kappa shape index (κ2) is 5.68. The van der Waals surface area contributed by atoms with E-state index in [0.29, 0.717) is 4.90 Å². The second-order valence-corrected chi connectivity index (χ2v) is 8.74. The van der Waals surface area contributed by atoms with Crippen LogP contribution in [0.3, 0.4) is 0 Å². The predicted molar refractivity (Wildman–Crippen MR) is 80.5 cm³/mol. The van der Waals surface area contributed by atoms with Crippen LogP contribution in [0.25, 0.3) is 0 Å². The van der Waals surface area contributed by atoms with Gasteiger partial charge in [-0.15, -0.1) is 10.2 Å². The van der Waals surface area contributed by atoms with Gasteiger partial charge in [0.25, 0.3) is 0 Å². The van der Waals surface area contributed by atoms with Crippen molar-refractivity contribution in [3.05, 3.63) is 23.2 Å². The second-order valence-electron chi connectivity index (χ2n) is 4.14. The molecular weight excluding hydrogens is 316 g/mol. The largest absolute Gasteiger partial charge is 0.397 e. The van der Waals surface area contributed by atoms with Crippen LogP contribution < -0.4 is 5.73 Å². The summed E-state index contributed by atoms with van der Waals surface area (Å²) >= 11 is 2.75. The fourth-order valence-corrected chi connectivity index (χ4v) is 4.39. The van der Waals surface area contributed by atoms with E-state index in [2.05, 4.69) is 10.2 Å². The van der Waals surface area contributed by atoms with Gasteiger partial charge < -0.3 is 5.73 Å². The van der Waals surface area contributed by atoms with Crippen LogP contribution >= 0.6 is 23.1 Å². The molecule has 0 aliphatic rings. The first-order chi connectivity index (χ1) is 9.32. The van der Waals surface area contributed by atoms with E-state index in [1.807, 2.05) is 6.92 Å². The Labute approximate surface area is 126 Å². The summed E-state index contributed by atoms with van der Waals surface area (Å²) in [4.78, 5) is 0.762. The first-order valence-electron chi connectivity index (χ1n) is 5.61. The van der Waals surface area contributed by atoms with E-state index in [9.17, 15) is 8.42 Å². The molecule has 2 N–H and O–H groups in total. The zero-order valence-corrected chi connectivity index (χ0v) is 13.6. The van der Waals surface area contributed by atoms with Gasteiger partial charge in [0.1, 0.15) is 9.90 Å². The van der Waals surface area contributed by atoms with Gasteiger partial charge in [0, 0.05) is 19.0 Å². The Hall–Kier alpha value is -1.16. The minimum Gasteiger partial charge on any atom is -0.397 e. The highest BCUT2D eigenvalue weighted by Crippen LogP contribution is 2.36. The third-order valence-electron chi connectivity index (χ3n) is 2.49. The van der Waals surface area contributed by atoms with Gasteiger partial charge in [-0.05, 0) is 19.1 Å². The molecule has 0 saturated heterocycles. The molecule has 1 aromatic heterocycles. The highest BCUT2D eigenvalue weighted by molar-refractivity contribution is 8.01. The molecule has 0 aliphatic heterocycles. The number of benzene rings is 1. The van der Waals surface area contributed by atoms with Crippen LogP contribution in [0.1, 0.15) is 5.01 Å². The molecule has 0 bridgehead atoms. The molecule has 0 unspecified atom stereocenters. The summed E-state index contributed by atoms with van der Waals surface area (Å²) in [5, 5.41) is 8.77. The van der Waals surface area contributed by atoms with Gasteiger partial charge in [-0.25, -0.2) is 12.7 Å². The van der Waals surface area contributed by atoms with Crippen LogP contribution in [0.15, 0.2) is 32.3 Å². The number of aromatic nitrogens is 2. The molecule has 1 heterocycles. The zero-order valence-electron chi connectivity index (χ0n) is 11.2. The summed E-state index contributed by atoms with van der Waals surface area (Å²) in [7, 11) is -0.605. The number of rotatable bonds is 4. The Kier molecular flexibility index (Phi) is 4.33. The molecule has 2 rings (SSSR count). The first kappa shape index (κ1) is 15.2. The lowest BCUT2D eigenvalue weighted by atomic mass is 10.3. The van der Waals surface area contributed by atoms with E-state index in [-0.39, 0.29) is 10.6 Å². The number of hydrogen-bond donors (Lipinski definition) is 1. The Bertz CT molecular complexity index is 725. The van der Waals surface area contributed by atoms with E-state index in [4.69, 9.17) is 5.73 Å². The molecule has 20 heavy (non-hydrogen) atoms. The number of nitrogens with zero attached hydrogens (tertiary/aromatic N) is 3. The summed E-state index contributed by atoms with van der Waals surface area (Å²) < 4.78 is 26.2. The topological polar surface area (TPSA) is 89.2 Å². The summed E-state index contributed by atoms with van der Waals surface area (Å²) in [5.74, 6) is 0. The average Bonchev–Trinajstić information content (AvgIpc) is 2.77. The van der Waals surface area contributed by atoms with Crippen molar-refractivity contribution in [1.82, 2.24) is 14.5 Å². The standard InChI is InChI=1S/C11H14N4O2S3/c1-7-13-14-11(18-7)19-8-5-4-6-9(10(8)12)20(16,17)15(2)3/h4-6H,12H2,1-3H3. The highest BCUT2D eigenvalue weighted by atomic mass is 32.2. The van der Waals surface area contributed by atoms with Crippen LogP contribution in [0, 0.1) is 6.92 Å². The van der Waals surface area contributed by atoms with Crippen molar-refractivity contribution in [2.75, 3.05) is 19.8 Å². The quantitative estimate of drug-likeness (QED) is 0.860. The monoisotopic (exact) mass is 330 g/mol. The average molecular weight is 330 g/mol. The van der Waals surface area contributed by atoms with Crippen LogP contribution in [0.2, 0.25) is 0 Å². The van der Waals surface area contributed by atoms with Crippen LogP contribution in [-0.2, 0) is 10.0 Å². The van der Waals surface area contributed by atoms with Crippen LogP contribution in [0.4, 0.5) is 5.69 Å². The van der Waals surface area contributed by atoms with Crippen LogP contribution in [0.5, 0.6) is 0 Å². The van der Waals surface area contributed by atoms with E-state index < -0.39 is 10.0 Å². The van der Waals surface area contributed by atoms with E-state index in [1.165, 1.54) is 43.3 Å². The smallest absolute Gasteiger partial charge is 0.244 e. The summed E-state index contributed by atoms with van der Waals surface area (Å²) in [6, 6.07) is 4.94. The van der Waals surface area contributed by atoms with Gasteiger partial charge >= 0.3 is 0 Å². The van der Waals surface area contributed by atoms with E-state index in [1.54, 1.807) is 12.1 Å². The normalized spacial score (nSPS) is 12.0. The van der Waals surface area contributed by atoms with Crippen molar-refractivity contribution in [2.45, 2.75) is 21.1 Å². The number of anilines is 1. The molecule has 2 aromatic rings. The van der Waals surface area contributed by atoms with Crippen molar-refractivity contribution in [3.63, 3.8) is 0 Å². The highest BCUT2D eigenvalue weighted by Gasteiger charge is 2.22.